The van der Waals surface area contributed by atoms with Crippen LogP contribution < -0.4 is 5.73 Å². The molecule has 16 heavy (non-hydrogen) atoms. The summed E-state index contributed by atoms with van der Waals surface area (Å²) in [6, 6.07) is -0.422. The summed E-state index contributed by atoms with van der Waals surface area (Å²) >= 11 is 0. The molecule has 1 amide bonds. The van der Waals surface area contributed by atoms with E-state index in [1.54, 1.807) is 6.92 Å². The van der Waals surface area contributed by atoms with Crippen molar-refractivity contribution in [2.75, 3.05) is 6.54 Å². The van der Waals surface area contributed by atoms with Gasteiger partial charge in [0.25, 0.3) is 0 Å². The van der Waals surface area contributed by atoms with Gasteiger partial charge in [0.1, 0.15) is 0 Å². The molecule has 0 spiro atoms. The highest BCUT2D eigenvalue weighted by molar-refractivity contribution is 5.82. The largest absolute Gasteiger partial charge is 0.471 e. The molecule has 0 bridgehead atoms. The lowest BCUT2D eigenvalue weighted by atomic mass is 10.2. The summed E-state index contributed by atoms with van der Waals surface area (Å²) in [6.45, 7) is 1.90. The monoisotopic (exact) mass is 238 g/mol. The van der Waals surface area contributed by atoms with E-state index in [2.05, 4.69) is 0 Å². The van der Waals surface area contributed by atoms with Crippen LogP contribution in [0, 0.1) is 0 Å². The van der Waals surface area contributed by atoms with Crippen LogP contribution in [0.4, 0.5) is 13.2 Å². The van der Waals surface area contributed by atoms with Gasteiger partial charge in [-0.2, -0.15) is 13.2 Å². The summed E-state index contributed by atoms with van der Waals surface area (Å²) in [5.74, 6) is -1.73. The summed E-state index contributed by atoms with van der Waals surface area (Å²) in [5.41, 5.74) is 5.65. The number of carbonyl (C=O) groups excluding carboxylic acids is 1. The fourth-order valence-electron chi connectivity index (χ4n) is 2.13. The molecular formula is C10H17F3N2O. The third-order valence-corrected chi connectivity index (χ3v) is 2.85. The van der Waals surface area contributed by atoms with Crippen molar-refractivity contribution < 1.29 is 18.0 Å². The Bertz CT molecular complexity index is 255. The third kappa shape index (κ3) is 3.10. The topological polar surface area (TPSA) is 46.3 Å². The average molecular weight is 238 g/mol. The lowest BCUT2D eigenvalue weighted by Gasteiger charge is -2.29. The molecule has 0 radical (unpaired) electrons. The van der Waals surface area contributed by atoms with E-state index in [1.165, 1.54) is 0 Å². The van der Waals surface area contributed by atoms with Crippen LogP contribution >= 0.6 is 0 Å². The van der Waals surface area contributed by atoms with E-state index in [4.69, 9.17) is 5.73 Å². The lowest BCUT2D eigenvalue weighted by Crippen LogP contribution is -2.47. The van der Waals surface area contributed by atoms with E-state index in [1.807, 2.05) is 0 Å². The molecule has 1 saturated carbocycles. The molecule has 1 aliphatic carbocycles. The van der Waals surface area contributed by atoms with Crippen LogP contribution in [0.25, 0.3) is 0 Å². The first-order valence-electron chi connectivity index (χ1n) is 5.49. The van der Waals surface area contributed by atoms with Crippen molar-refractivity contribution in [3.8, 4) is 0 Å². The second-order valence-corrected chi connectivity index (χ2v) is 4.22. The highest BCUT2D eigenvalue weighted by atomic mass is 19.4. The molecule has 0 aromatic rings. The highest BCUT2D eigenvalue weighted by Crippen LogP contribution is 2.27. The number of carbonyl (C=O) groups is 1. The van der Waals surface area contributed by atoms with Gasteiger partial charge in [0, 0.05) is 18.6 Å². The Balaban J connectivity index is 2.71. The number of nitrogens with two attached hydrogens (primary N) is 1. The minimum atomic E-state index is -4.78. The molecule has 2 atom stereocenters. The predicted molar refractivity (Wildman–Crippen MR) is 53.7 cm³/mol. The molecule has 3 nitrogen and oxygen atoms in total. The minimum absolute atomic E-state index is 0.0783. The van der Waals surface area contributed by atoms with E-state index in [0.717, 1.165) is 4.90 Å². The van der Waals surface area contributed by atoms with Crippen molar-refractivity contribution in [2.45, 2.75) is 50.9 Å². The van der Waals surface area contributed by atoms with E-state index >= 15 is 0 Å². The summed E-state index contributed by atoms with van der Waals surface area (Å²) in [6.07, 6.45) is -2.52. The van der Waals surface area contributed by atoms with Gasteiger partial charge >= 0.3 is 12.1 Å². The van der Waals surface area contributed by atoms with Crippen LogP contribution in [-0.2, 0) is 4.79 Å². The molecule has 0 unspecified atom stereocenters. The van der Waals surface area contributed by atoms with Gasteiger partial charge in [-0.05, 0) is 25.7 Å². The molecule has 94 valence electrons. The van der Waals surface area contributed by atoms with Crippen molar-refractivity contribution in [1.29, 1.82) is 0 Å². The van der Waals surface area contributed by atoms with E-state index in [-0.39, 0.29) is 18.6 Å². The first kappa shape index (κ1) is 13.3. The summed E-state index contributed by atoms with van der Waals surface area (Å²) in [7, 11) is 0. The van der Waals surface area contributed by atoms with Crippen LogP contribution in [0.3, 0.4) is 0 Å². The van der Waals surface area contributed by atoms with Crippen molar-refractivity contribution in [1.82, 2.24) is 4.90 Å². The molecule has 1 aliphatic rings. The Morgan fingerprint density at radius 2 is 2.06 bits per heavy atom. The number of hydrogen-bond donors (Lipinski definition) is 1. The number of rotatable bonds is 3. The molecule has 6 heteroatoms. The molecule has 1 rings (SSSR count). The standard InChI is InChI=1S/C10H17F3N2O/c1-2-5-15(9(16)10(11,12)13)8-4-3-7(14)6-8/h7-8H,2-6,14H2,1H3/t7-,8+/m1/s1. The number of halogens is 3. The molecule has 0 aromatic carbocycles. The maximum Gasteiger partial charge on any atom is 0.471 e. The Hall–Kier alpha value is -0.780. The number of nitrogens with zero attached hydrogens (tertiary/aromatic N) is 1. The van der Waals surface area contributed by atoms with Crippen molar-refractivity contribution in [3.63, 3.8) is 0 Å². The highest BCUT2D eigenvalue weighted by Gasteiger charge is 2.45. The first-order valence-corrected chi connectivity index (χ1v) is 5.49. The van der Waals surface area contributed by atoms with Crippen LogP contribution in [0.2, 0.25) is 0 Å². The molecule has 0 aliphatic heterocycles. The van der Waals surface area contributed by atoms with Crippen LogP contribution in [-0.4, -0.2) is 35.6 Å². The predicted octanol–water partition coefficient (Wildman–Crippen LogP) is 1.67. The normalized spacial score (nSPS) is 25.8. The summed E-state index contributed by atoms with van der Waals surface area (Å²) < 4.78 is 37.1. The quantitative estimate of drug-likeness (QED) is 0.813. The Morgan fingerprint density at radius 3 is 2.44 bits per heavy atom. The van der Waals surface area contributed by atoms with Crippen LogP contribution in [0.15, 0.2) is 0 Å². The van der Waals surface area contributed by atoms with Crippen LogP contribution in [0.5, 0.6) is 0 Å². The smallest absolute Gasteiger partial charge is 0.332 e. The van der Waals surface area contributed by atoms with Gasteiger partial charge in [-0.1, -0.05) is 6.92 Å². The zero-order valence-corrected chi connectivity index (χ0v) is 9.26. The molecule has 0 aromatic heterocycles. The van der Waals surface area contributed by atoms with Crippen molar-refractivity contribution >= 4 is 5.91 Å². The van der Waals surface area contributed by atoms with Crippen LogP contribution in [0.1, 0.15) is 32.6 Å². The number of amides is 1. The molecular weight excluding hydrogens is 221 g/mol. The Labute approximate surface area is 92.8 Å². The van der Waals surface area contributed by atoms with Crippen molar-refractivity contribution in [3.05, 3.63) is 0 Å². The maximum absolute atomic E-state index is 12.4. The molecule has 2 N–H and O–H groups in total. The van der Waals surface area contributed by atoms with Gasteiger partial charge in [0.05, 0.1) is 0 Å². The average Bonchev–Trinajstić information content (AvgIpc) is 2.58. The number of hydrogen-bond acceptors (Lipinski definition) is 2. The fourth-order valence-corrected chi connectivity index (χ4v) is 2.13. The number of alkyl halides is 3. The lowest BCUT2D eigenvalue weighted by molar-refractivity contribution is -0.187. The minimum Gasteiger partial charge on any atom is -0.332 e. The summed E-state index contributed by atoms with van der Waals surface area (Å²) in [5, 5.41) is 0. The zero-order valence-electron chi connectivity index (χ0n) is 9.26. The Morgan fingerprint density at radius 1 is 1.44 bits per heavy atom. The van der Waals surface area contributed by atoms with E-state index in [0.29, 0.717) is 25.7 Å². The van der Waals surface area contributed by atoms with Gasteiger partial charge in [-0.15, -0.1) is 0 Å². The second kappa shape index (κ2) is 5.03. The molecule has 1 fully saturated rings. The van der Waals surface area contributed by atoms with Gasteiger partial charge < -0.3 is 10.6 Å². The maximum atomic E-state index is 12.4. The van der Waals surface area contributed by atoms with Gasteiger partial charge in [0.2, 0.25) is 0 Å². The fraction of sp³-hybridized carbons (Fsp3) is 0.900. The Kier molecular flexibility index (Phi) is 4.18. The molecule has 0 heterocycles. The van der Waals surface area contributed by atoms with Gasteiger partial charge in [-0.25, -0.2) is 0 Å². The third-order valence-electron chi connectivity index (χ3n) is 2.85. The second-order valence-electron chi connectivity index (χ2n) is 4.22. The first-order chi connectivity index (χ1) is 7.36. The van der Waals surface area contributed by atoms with E-state index in [9.17, 15) is 18.0 Å². The van der Waals surface area contributed by atoms with E-state index < -0.39 is 12.1 Å². The summed E-state index contributed by atoms with van der Waals surface area (Å²) in [4.78, 5) is 12.1. The van der Waals surface area contributed by atoms with Crippen molar-refractivity contribution in [2.24, 2.45) is 5.73 Å². The molecule has 0 saturated heterocycles. The van der Waals surface area contributed by atoms with Gasteiger partial charge in [0.15, 0.2) is 0 Å². The SMILES string of the molecule is CCCN(C(=O)C(F)(F)F)[C@H]1CC[C@@H](N)C1. The van der Waals surface area contributed by atoms with Gasteiger partial charge in [-0.3, -0.25) is 4.79 Å². The zero-order chi connectivity index (χ0) is 12.3.